The van der Waals surface area contributed by atoms with E-state index in [1.54, 1.807) is 12.1 Å². The fourth-order valence-corrected chi connectivity index (χ4v) is 3.22. The maximum Gasteiger partial charge on any atom is 0.319 e. The van der Waals surface area contributed by atoms with Crippen LogP contribution in [0.25, 0.3) is 0 Å². The fourth-order valence-electron chi connectivity index (χ4n) is 2.99. The van der Waals surface area contributed by atoms with E-state index in [9.17, 15) is 4.79 Å². The Labute approximate surface area is 142 Å². The molecule has 1 aliphatic rings. The number of hydrogen-bond donors (Lipinski definition) is 2. The number of ether oxygens (including phenoxy) is 2. The van der Waals surface area contributed by atoms with Crippen LogP contribution in [-0.2, 0) is 0 Å². The van der Waals surface area contributed by atoms with Crippen molar-refractivity contribution < 1.29 is 14.3 Å². The molecule has 0 unspecified atom stereocenters. The van der Waals surface area contributed by atoms with Gasteiger partial charge in [-0.1, -0.05) is 43.7 Å². The lowest BCUT2D eigenvalue weighted by Crippen LogP contribution is -2.31. The lowest BCUT2D eigenvalue weighted by Gasteiger charge is -2.21. The van der Waals surface area contributed by atoms with Gasteiger partial charge in [-0.2, -0.15) is 0 Å². The number of carbonyl (C=O) groups excluding carboxylic acids is 1. The summed E-state index contributed by atoms with van der Waals surface area (Å²) >= 11 is 6.05. The summed E-state index contributed by atoms with van der Waals surface area (Å²) in [6.45, 7) is 0.684. The standard InChI is InChI=1S/C17H25ClN2O3/c1-22-15-11-14(16(23-2)10-13(15)18)20-17(21)19-9-8-12-6-4-3-5-7-12/h10-12H,3-9H2,1-2H3,(H2,19,20,21). The number of rotatable bonds is 6. The van der Waals surface area contributed by atoms with Crippen LogP contribution in [0.15, 0.2) is 12.1 Å². The number of methoxy groups -OCH3 is 2. The van der Waals surface area contributed by atoms with E-state index in [2.05, 4.69) is 10.6 Å². The summed E-state index contributed by atoms with van der Waals surface area (Å²) < 4.78 is 10.4. The maximum atomic E-state index is 12.1. The minimum absolute atomic E-state index is 0.247. The van der Waals surface area contributed by atoms with E-state index in [0.29, 0.717) is 28.8 Å². The number of benzene rings is 1. The lowest BCUT2D eigenvalue weighted by molar-refractivity contribution is 0.250. The molecule has 23 heavy (non-hydrogen) atoms. The zero-order valence-corrected chi connectivity index (χ0v) is 14.5. The Morgan fingerprint density at radius 2 is 1.87 bits per heavy atom. The average Bonchev–Trinajstić information content (AvgIpc) is 2.57. The Hall–Kier alpha value is -1.62. The van der Waals surface area contributed by atoms with Gasteiger partial charge >= 0.3 is 6.03 Å². The first-order valence-corrected chi connectivity index (χ1v) is 8.48. The number of halogens is 1. The largest absolute Gasteiger partial charge is 0.495 e. The SMILES string of the molecule is COc1cc(NC(=O)NCCC2CCCCC2)c(OC)cc1Cl. The molecular formula is C17H25ClN2O3. The van der Waals surface area contributed by atoms with Crippen molar-refractivity contribution in [2.75, 3.05) is 26.1 Å². The minimum Gasteiger partial charge on any atom is -0.495 e. The van der Waals surface area contributed by atoms with Crippen molar-refractivity contribution >= 4 is 23.3 Å². The molecule has 0 heterocycles. The van der Waals surface area contributed by atoms with E-state index in [4.69, 9.17) is 21.1 Å². The van der Waals surface area contributed by atoms with Gasteiger partial charge in [0.05, 0.1) is 24.9 Å². The summed E-state index contributed by atoms with van der Waals surface area (Å²) in [5, 5.41) is 6.13. The molecule has 0 atom stereocenters. The Morgan fingerprint density at radius 1 is 1.17 bits per heavy atom. The average molecular weight is 341 g/mol. The van der Waals surface area contributed by atoms with Crippen molar-refractivity contribution in [2.45, 2.75) is 38.5 Å². The molecule has 0 bridgehead atoms. The van der Waals surface area contributed by atoms with Crippen LogP contribution in [0.3, 0.4) is 0 Å². The van der Waals surface area contributed by atoms with Crippen molar-refractivity contribution in [3.05, 3.63) is 17.2 Å². The molecule has 5 nitrogen and oxygen atoms in total. The zero-order valence-electron chi connectivity index (χ0n) is 13.8. The molecule has 2 N–H and O–H groups in total. The molecule has 2 amide bonds. The van der Waals surface area contributed by atoms with Crippen molar-refractivity contribution in [1.29, 1.82) is 0 Å². The molecule has 1 aliphatic carbocycles. The molecule has 0 aromatic heterocycles. The van der Waals surface area contributed by atoms with E-state index in [0.717, 1.165) is 12.3 Å². The van der Waals surface area contributed by atoms with Crippen LogP contribution in [0.2, 0.25) is 5.02 Å². The van der Waals surface area contributed by atoms with Crippen LogP contribution < -0.4 is 20.1 Å². The van der Waals surface area contributed by atoms with Crippen LogP contribution in [0, 0.1) is 5.92 Å². The summed E-state index contributed by atoms with van der Waals surface area (Å²) in [4.78, 5) is 12.1. The van der Waals surface area contributed by atoms with Gasteiger partial charge in [-0.05, 0) is 12.3 Å². The summed E-state index contributed by atoms with van der Waals surface area (Å²) in [6, 6.07) is 3.03. The molecule has 128 valence electrons. The van der Waals surface area contributed by atoms with Gasteiger partial charge in [0, 0.05) is 18.7 Å². The second-order valence-electron chi connectivity index (χ2n) is 5.86. The second kappa shape index (κ2) is 8.87. The predicted octanol–water partition coefficient (Wildman–Crippen LogP) is 4.45. The molecule has 0 aliphatic heterocycles. The smallest absolute Gasteiger partial charge is 0.319 e. The first kappa shape index (κ1) is 17.7. The Balaban J connectivity index is 1.86. The third-order valence-electron chi connectivity index (χ3n) is 4.29. The summed E-state index contributed by atoms with van der Waals surface area (Å²) in [5.74, 6) is 1.73. The monoisotopic (exact) mass is 340 g/mol. The Bertz CT molecular complexity index is 531. The molecular weight excluding hydrogens is 316 g/mol. The predicted molar refractivity (Wildman–Crippen MR) is 92.8 cm³/mol. The van der Waals surface area contributed by atoms with Crippen molar-refractivity contribution in [3.8, 4) is 11.5 Å². The molecule has 0 saturated heterocycles. The van der Waals surface area contributed by atoms with Crippen LogP contribution in [0.5, 0.6) is 11.5 Å². The Kier molecular flexibility index (Phi) is 6.84. The Morgan fingerprint density at radius 3 is 2.52 bits per heavy atom. The minimum atomic E-state index is -0.247. The number of anilines is 1. The number of urea groups is 1. The van der Waals surface area contributed by atoms with Gasteiger partial charge in [-0.25, -0.2) is 4.79 Å². The van der Waals surface area contributed by atoms with Crippen molar-refractivity contribution in [1.82, 2.24) is 5.32 Å². The molecule has 1 aromatic rings. The van der Waals surface area contributed by atoms with E-state index < -0.39 is 0 Å². The van der Waals surface area contributed by atoms with Gasteiger partial charge in [0.25, 0.3) is 0 Å². The van der Waals surface area contributed by atoms with E-state index in [-0.39, 0.29) is 6.03 Å². The van der Waals surface area contributed by atoms with Gasteiger partial charge in [0.2, 0.25) is 0 Å². The number of carbonyl (C=O) groups is 1. The lowest BCUT2D eigenvalue weighted by atomic mass is 9.87. The van der Waals surface area contributed by atoms with Crippen molar-refractivity contribution in [3.63, 3.8) is 0 Å². The highest BCUT2D eigenvalue weighted by molar-refractivity contribution is 6.32. The maximum absolute atomic E-state index is 12.1. The summed E-state index contributed by atoms with van der Waals surface area (Å²) in [5.41, 5.74) is 0.531. The summed E-state index contributed by atoms with van der Waals surface area (Å²) in [7, 11) is 3.06. The van der Waals surface area contributed by atoms with Gasteiger partial charge in [0.15, 0.2) is 0 Å². The molecule has 1 saturated carbocycles. The molecule has 6 heteroatoms. The zero-order chi connectivity index (χ0) is 16.7. The van der Waals surface area contributed by atoms with E-state index in [1.165, 1.54) is 46.3 Å². The quantitative estimate of drug-likeness (QED) is 0.804. The molecule has 1 fully saturated rings. The molecule has 1 aromatic carbocycles. The van der Waals surface area contributed by atoms with Crippen LogP contribution >= 0.6 is 11.6 Å². The van der Waals surface area contributed by atoms with Gasteiger partial charge < -0.3 is 20.1 Å². The van der Waals surface area contributed by atoms with Crippen LogP contribution in [0.4, 0.5) is 10.5 Å². The van der Waals surface area contributed by atoms with E-state index >= 15 is 0 Å². The fraction of sp³-hybridized carbons (Fsp3) is 0.588. The number of hydrogen-bond acceptors (Lipinski definition) is 3. The second-order valence-corrected chi connectivity index (χ2v) is 6.27. The summed E-state index contributed by atoms with van der Waals surface area (Å²) in [6.07, 6.45) is 7.59. The molecule has 0 radical (unpaired) electrons. The highest BCUT2D eigenvalue weighted by Crippen LogP contribution is 2.35. The van der Waals surface area contributed by atoms with Gasteiger partial charge in [-0.3, -0.25) is 0 Å². The van der Waals surface area contributed by atoms with Crippen LogP contribution in [0.1, 0.15) is 38.5 Å². The first-order valence-electron chi connectivity index (χ1n) is 8.10. The molecule has 2 rings (SSSR count). The number of nitrogens with one attached hydrogen (secondary N) is 2. The van der Waals surface area contributed by atoms with Gasteiger partial charge in [0.1, 0.15) is 11.5 Å². The normalized spacial score (nSPS) is 15.1. The third kappa shape index (κ3) is 5.20. The highest BCUT2D eigenvalue weighted by atomic mass is 35.5. The van der Waals surface area contributed by atoms with Crippen molar-refractivity contribution in [2.24, 2.45) is 5.92 Å². The third-order valence-corrected chi connectivity index (χ3v) is 4.58. The molecule has 0 spiro atoms. The highest BCUT2D eigenvalue weighted by Gasteiger charge is 2.15. The van der Waals surface area contributed by atoms with Crippen LogP contribution in [-0.4, -0.2) is 26.8 Å². The topological polar surface area (TPSA) is 59.6 Å². The first-order chi connectivity index (χ1) is 11.1. The van der Waals surface area contributed by atoms with Gasteiger partial charge in [-0.15, -0.1) is 0 Å². The van der Waals surface area contributed by atoms with E-state index in [1.807, 2.05) is 0 Å². The number of amides is 2.